The third-order valence-electron chi connectivity index (χ3n) is 3.68. The van der Waals surface area contributed by atoms with Gasteiger partial charge in [-0.1, -0.05) is 24.3 Å². The average Bonchev–Trinajstić information content (AvgIpc) is 3.11. The number of carbonyl (C=O) groups is 2. The topological polar surface area (TPSA) is 73.2 Å². The van der Waals surface area contributed by atoms with Crippen LogP contribution in [-0.4, -0.2) is 28.3 Å². The number of benzene rings is 2. The van der Waals surface area contributed by atoms with Gasteiger partial charge in [-0.3, -0.25) is 4.79 Å². The third-order valence-corrected chi connectivity index (χ3v) is 3.68. The average molecular weight is 349 g/mol. The maximum absolute atomic E-state index is 12.3. The molecule has 0 atom stereocenters. The van der Waals surface area contributed by atoms with Crippen molar-refractivity contribution in [1.29, 1.82) is 0 Å². The maximum Gasteiger partial charge on any atom is 0.338 e. The molecule has 2 aromatic carbocycles. The Bertz CT molecular complexity index is 903. The minimum atomic E-state index is -0.410. The summed E-state index contributed by atoms with van der Waals surface area (Å²) in [6.45, 7) is 2.06. The van der Waals surface area contributed by atoms with E-state index in [1.54, 1.807) is 42.1 Å². The smallest absolute Gasteiger partial charge is 0.338 e. The summed E-state index contributed by atoms with van der Waals surface area (Å²) in [4.78, 5) is 24.0. The number of nitrogens with zero attached hydrogens (tertiary/aromatic N) is 2. The lowest BCUT2D eigenvalue weighted by atomic mass is 10.2. The van der Waals surface area contributed by atoms with Crippen LogP contribution in [0.1, 0.15) is 22.8 Å². The molecule has 0 unspecified atom stereocenters. The van der Waals surface area contributed by atoms with Gasteiger partial charge >= 0.3 is 5.97 Å². The second kappa shape index (κ2) is 8.11. The fourth-order valence-electron chi connectivity index (χ4n) is 2.50. The number of amides is 1. The van der Waals surface area contributed by atoms with E-state index >= 15 is 0 Å². The predicted molar refractivity (Wildman–Crippen MR) is 98.3 cm³/mol. The van der Waals surface area contributed by atoms with Crippen molar-refractivity contribution in [2.75, 3.05) is 11.9 Å². The molecule has 3 rings (SSSR count). The van der Waals surface area contributed by atoms with Crippen LogP contribution in [0, 0.1) is 0 Å². The summed E-state index contributed by atoms with van der Waals surface area (Å²) >= 11 is 0. The predicted octanol–water partition coefficient (Wildman–Crippen LogP) is 3.23. The second-order valence-corrected chi connectivity index (χ2v) is 5.65. The first-order valence-electron chi connectivity index (χ1n) is 8.31. The van der Waals surface area contributed by atoms with Gasteiger partial charge in [-0.25, -0.2) is 9.48 Å². The van der Waals surface area contributed by atoms with E-state index in [0.717, 1.165) is 11.3 Å². The highest BCUT2D eigenvalue weighted by Crippen LogP contribution is 2.13. The van der Waals surface area contributed by atoms with Crippen LogP contribution < -0.4 is 5.32 Å². The van der Waals surface area contributed by atoms with E-state index in [1.807, 2.05) is 36.5 Å². The molecule has 0 radical (unpaired) electrons. The Balaban J connectivity index is 1.64. The Morgan fingerprint density at radius 1 is 1.12 bits per heavy atom. The van der Waals surface area contributed by atoms with Gasteiger partial charge in [-0.05, 0) is 42.8 Å². The van der Waals surface area contributed by atoms with Gasteiger partial charge in [0.15, 0.2) is 0 Å². The van der Waals surface area contributed by atoms with Crippen LogP contribution in [0.25, 0.3) is 5.69 Å². The SMILES string of the molecule is CCOC(=O)c1cccc(NC(=O)Cc2cnn(-c3ccccc3)c2)c1. The normalized spacial score (nSPS) is 10.3. The molecular weight excluding hydrogens is 330 g/mol. The summed E-state index contributed by atoms with van der Waals surface area (Å²) in [7, 11) is 0. The summed E-state index contributed by atoms with van der Waals surface area (Å²) in [6.07, 6.45) is 3.68. The van der Waals surface area contributed by atoms with E-state index in [-0.39, 0.29) is 12.3 Å². The largest absolute Gasteiger partial charge is 0.462 e. The van der Waals surface area contributed by atoms with Gasteiger partial charge in [0.2, 0.25) is 5.91 Å². The highest BCUT2D eigenvalue weighted by molar-refractivity contribution is 5.95. The lowest BCUT2D eigenvalue weighted by Crippen LogP contribution is -2.14. The molecule has 0 aliphatic heterocycles. The van der Waals surface area contributed by atoms with Crippen molar-refractivity contribution in [2.24, 2.45) is 0 Å². The number of carbonyl (C=O) groups excluding carboxylic acids is 2. The Morgan fingerprint density at radius 2 is 1.92 bits per heavy atom. The number of hydrogen-bond acceptors (Lipinski definition) is 4. The minimum absolute atomic E-state index is 0.182. The number of anilines is 1. The van der Waals surface area contributed by atoms with E-state index in [0.29, 0.717) is 17.9 Å². The zero-order valence-electron chi connectivity index (χ0n) is 14.4. The lowest BCUT2D eigenvalue weighted by Gasteiger charge is -2.07. The number of ether oxygens (including phenoxy) is 1. The number of para-hydroxylation sites is 1. The number of esters is 1. The number of nitrogens with one attached hydrogen (secondary N) is 1. The highest BCUT2D eigenvalue weighted by Gasteiger charge is 2.10. The van der Waals surface area contributed by atoms with Gasteiger partial charge < -0.3 is 10.1 Å². The van der Waals surface area contributed by atoms with Gasteiger partial charge in [0.05, 0.1) is 30.5 Å². The van der Waals surface area contributed by atoms with Crippen LogP contribution in [0.5, 0.6) is 0 Å². The van der Waals surface area contributed by atoms with Gasteiger partial charge in [0, 0.05) is 11.9 Å². The summed E-state index contributed by atoms with van der Waals surface area (Å²) in [6, 6.07) is 16.4. The van der Waals surface area contributed by atoms with Crippen molar-refractivity contribution in [3.8, 4) is 5.69 Å². The Hall–Kier alpha value is -3.41. The number of aromatic nitrogens is 2. The summed E-state index contributed by atoms with van der Waals surface area (Å²) in [5, 5.41) is 7.07. The van der Waals surface area contributed by atoms with E-state index in [9.17, 15) is 9.59 Å². The molecule has 0 saturated heterocycles. The molecule has 0 bridgehead atoms. The molecule has 0 saturated carbocycles. The molecule has 3 aromatic rings. The number of rotatable bonds is 6. The summed E-state index contributed by atoms with van der Waals surface area (Å²) in [5.41, 5.74) is 2.69. The highest BCUT2D eigenvalue weighted by atomic mass is 16.5. The molecule has 26 heavy (non-hydrogen) atoms. The van der Waals surface area contributed by atoms with Crippen molar-refractivity contribution in [2.45, 2.75) is 13.3 Å². The summed E-state index contributed by atoms with van der Waals surface area (Å²) < 4.78 is 6.69. The van der Waals surface area contributed by atoms with Crippen molar-refractivity contribution in [3.63, 3.8) is 0 Å². The Morgan fingerprint density at radius 3 is 2.69 bits per heavy atom. The first-order chi connectivity index (χ1) is 12.7. The molecular formula is C20H19N3O3. The van der Waals surface area contributed by atoms with Crippen LogP contribution in [-0.2, 0) is 16.0 Å². The summed E-state index contributed by atoms with van der Waals surface area (Å²) in [5.74, 6) is -0.591. The van der Waals surface area contributed by atoms with Crippen LogP contribution in [0.2, 0.25) is 0 Å². The minimum Gasteiger partial charge on any atom is -0.462 e. The van der Waals surface area contributed by atoms with E-state index in [2.05, 4.69) is 10.4 Å². The fourth-order valence-corrected chi connectivity index (χ4v) is 2.50. The van der Waals surface area contributed by atoms with Crippen LogP contribution in [0.3, 0.4) is 0 Å². The molecule has 0 aliphatic rings. The van der Waals surface area contributed by atoms with Crippen LogP contribution in [0.15, 0.2) is 67.0 Å². The number of hydrogen-bond donors (Lipinski definition) is 1. The second-order valence-electron chi connectivity index (χ2n) is 5.65. The first-order valence-corrected chi connectivity index (χ1v) is 8.31. The molecule has 0 fully saturated rings. The molecule has 1 aromatic heterocycles. The van der Waals surface area contributed by atoms with Crippen molar-refractivity contribution in [1.82, 2.24) is 9.78 Å². The molecule has 0 spiro atoms. The van der Waals surface area contributed by atoms with E-state index in [4.69, 9.17) is 4.74 Å². The third kappa shape index (κ3) is 4.36. The van der Waals surface area contributed by atoms with Crippen LogP contribution in [0.4, 0.5) is 5.69 Å². The maximum atomic E-state index is 12.3. The first kappa shape index (κ1) is 17.4. The monoisotopic (exact) mass is 349 g/mol. The van der Waals surface area contributed by atoms with Crippen molar-refractivity contribution in [3.05, 3.63) is 78.1 Å². The van der Waals surface area contributed by atoms with E-state index in [1.165, 1.54) is 0 Å². The van der Waals surface area contributed by atoms with Gasteiger partial charge in [-0.2, -0.15) is 5.10 Å². The Labute approximate surface area is 151 Å². The molecule has 132 valence electrons. The molecule has 0 aliphatic carbocycles. The van der Waals surface area contributed by atoms with Gasteiger partial charge in [-0.15, -0.1) is 0 Å². The lowest BCUT2D eigenvalue weighted by molar-refractivity contribution is -0.115. The molecule has 6 heteroatoms. The zero-order chi connectivity index (χ0) is 18.4. The fraction of sp³-hybridized carbons (Fsp3) is 0.150. The molecule has 1 heterocycles. The molecule has 1 amide bonds. The quantitative estimate of drug-likeness (QED) is 0.694. The van der Waals surface area contributed by atoms with E-state index < -0.39 is 5.97 Å². The zero-order valence-corrected chi connectivity index (χ0v) is 14.4. The van der Waals surface area contributed by atoms with Gasteiger partial charge in [0.1, 0.15) is 0 Å². The Kier molecular flexibility index (Phi) is 5.43. The van der Waals surface area contributed by atoms with Crippen molar-refractivity contribution >= 4 is 17.6 Å². The van der Waals surface area contributed by atoms with Gasteiger partial charge in [0.25, 0.3) is 0 Å². The molecule has 6 nitrogen and oxygen atoms in total. The molecule has 1 N–H and O–H groups in total. The van der Waals surface area contributed by atoms with Crippen molar-refractivity contribution < 1.29 is 14.3 Å². The standard InChI is InChI=1S/C20H19N3O3/c1-2-26-20(25)16-7-6-8-17(12-16)22-19(24)11-15-13-21-23(14-15)18-9-4-3-5-10-18/h3-10,12-14H,2,11H2,1H3,(H,22,24). The van der Waals surface area contributed by atoms with Crippen LogP contribution >= 0.6 is 0 Å².